The van der Waals surface area contributed by atoms with E-state index in [1.165, 1.54) is 0 Å². The van der Waals surface area contributed by atoms with E-state index in [4.69, 9.17) is 19.9 Å². The van der Waals surface area contributed by atoms with E-state index in [0.29, 0.717) is 54.0 Å². The number of anilines is 1. The summed E-state index contributed by atoms with van der Waals surface area (Å²) in [4.78, 5) is 16.7. The van der Waals surface area contributed by atoms with Gasteiger partial charge in [0.05, 0.1) is 35.7 Å². The molecule has 1 amide bonds. The fraction of sp³-hybridized carbons (Fsp3) is 0.629. The van der Waals surface area contributed by atoms with Gasteiger partial charge in [0.15, 0.2) is 5.82 Å². The van der Waals surface area contributed by atoms with Gasteiger partial charge < -0.3 is 30.0 Å². The molecule has 0 bridgehead atoms. The van der Waals surface area contributed by atoms with Gasteiger partial charge in [0.2, 0.25) is 0 Å². The maximum Gasteiger partial charge on any atom is 0.410 e. The Kier molecular flexibility index (Phi) is 9.50. The number of nitrogen functional groups attached to an aromatic ring is 1. The van der Waals surface area contributed by atoms with Gasteiger partial charge >= 0.3 is 6.09 Å². The highest BCUT2D eigenvalue weighted by Crippen LogP contribution is 2.36. The van der Waals surface area contributed by atoms with Gasteiger partial charge in [0.25, 0.3) is 0 Å². The van der Waals surface area contributed by atoms with Crippen LogP contribution in [-0.2, 0) is 14.2 Å². The summed E-state index contributed by atoms with van der Waals surface area (Å²) in [5, 5.41) is 18.3. The van der Waals surface area contributed by atoms with Gasteiger partial charge in [-0.05, 0) is 90.3 Å². The lowest BCUT2D eigenvalue weighted by Gasteiger charge is -2.47. The molecule has 0 unspecified atom stereocenters. The normalized spacial score (nSPS) is 26.3. The summed E-state index contributed by atoms with van der Waals surface area (Å²) >= 11 is 0. The first-order valence-corrected chi connectivity index (χ1v) is 16.6. The third-order valence-electron chi connectivity index (χ3n) is 9.43. The number of hydrogen-bond donors (Lipinski definition) is 2. The van der Waals surface area contributed by atoms with Crippen molar-refractivity contribution in [2.45, 2.75) is 108 Å². The van der Waals surface area contributed by atoms with Gasteiger partial charge in [-0.3, -0.25) is 4.90 Å². The van der Waals surface area contributed by atoms with Crippen molar-refractivity contribution in [3.05, 3.63) is 35.9 Å². The monoisotopic (exact) mass is 617 g/mol. The fourth-order valence-corrected chi connectivity index (χ4v) is 6.67. The number of nitrogens with zero attached hydrogens (tertiary/aromatic N) is 4. The molecule has 242 valence electrons. The summed E-state index contributed by atoms with van der Waals surface area (Å²) in [7, 11) is 0. The van der Waals surface area contributed by atoms with E-state index in [1.54, 1.807) is 24.3 Å². The van der Waals surface area contributed by atoms with E-state index in [1.807, 2.05) is 31.7 Å². The Morgan fingerprint density at radius 3 is 2.18 bits per heavy atom. The Balaban J connectivity index is 0.862. The van der Waals surface area contributed by atoms with Crippen LogP contribution in [0.4, 0.5) is 10.6 Å². The van der Waals surface area contributed by atoms with Gasteiger partial charge in [0.1, 0.15) is 11.4 Å². The number of piperidine rings is 2. The number of nitrogens with two attached hydrogens (primary N) is 1. The molecule has 3 heterocycles. The van der Waals surface area contributed by atoms with Gasteiger partial charge in [0, 0.05) is 43.7 Å². The van der Waals surface area contributed by atoms with Gasteiger partial charge in [-0.25, -0.2) is 4.79 Å². The van der Waals surface area contributed by atoms with Crippen LogP contribution in [-0.4, -0.2) is 93.4 Å². The Labute approximate surface area is 266 Å². The number of hydrogen-bond acceptors (Lipinski definition) is 9. The number of rotatable bonds is 6. The number of carbonyl (C=O) groups is 1. The molecule has 4 aliphatic rings. The maximum atomic E-state index is 12.3. The van der Waals surface area contributed by atoms with Crippen molar-refractivity contribution in [3.8, 4) is 28.8 Å². The van der Waals surface area contributed by atoms with E-state index in [0.717, 1.165) is 64.5 Å². The van der Waals surface area contributed by atoms with Crippen LogP contribution in [0.1, 0.15) is 77.7 Å². The summed E-state index contributed by atoms with van der Waals surface area (Å²) in [6.07, 6.45) is 8.96. The molecule has 3 N–H and O–H groups in total. The molecule has 0 atom stereocenters. The van der Waals surface area contributed by atoms with Gasteiger partial charge in [-0.2, -0.15) is 0 Å². The van der Waals surface area contributed by atoms with Crippen molar-refractivity contribution >= 4 is 11.9 Å². The summed E-state index contributed by atoms with van der Waals surface area (Å²) in [5.41, 5.74) is 7.37. The number of ether oxygens (including phenoxy) is 3. The summed E-state index contributed by atoms with van der Waals surface area (Å²) in [5.74, 6) is 7.26. The third kappa shape index (κ3) is 8.07. The van der Waals surface area contributed by atoms with E-state index in [2.05, 4.69) is 26.9 Å². The Bertz CT molecular complexity index is 1390. The maximum absolute atomic E-state index is 12.3. The number of amides is 1. The molecule has 2 aliphatic carbocycles. The van der Waals surface area contributed by atoms with Crippen LogP contribution in [0.5, 0.6) is 5.75 Å². The first kappa shape index (κ1) is 31.6. The Morgan fingerprint density at radius 2 is 1.53 bits per heavy atom. The lowest BCUT2D eigenvalue weighted by molar-refractivity contribution is -0.120. The zero-order valence-corrected chi connectivity index (χ0v) is 26.8. The molecule has 10 heteroatoms. The number of phenols is 1. The van der Waals surface area contributed by atoms with Gasteiger partial charge in [-0.15, -0.1) is 10.2 Å². The average Bonchev–Trinajstić information content (AvgIpc) is 2.97. The molecule has 1 aromatic carbocycles. The number of likely N-dealkylation sites (tertiary alicyclic amines) is 2. The van der Waals surface area contributed by atoms with E-state index >= 15 is 0 Å². The van der Waals surface area contributed by atoms with Crippen LogP contribution >= 0.6 is 0 Å². The molecule has 45 heavy (non-hydrogen) atoms. The minimum atomic E-state index is -0.459. The van der Waals surface area contributed by atoms with Crippen molar-refractivity contribution in [3.63, 3.8) is 0 Å². The highest BCUT2D eigenvalue weighted by Gasteiger charge is 2.39. The number of benzene rings is 1. The highest BCUT2D eigenvalue weighted by molar-refractivity contribution is 5.69. The second-order valence-corrected chi connectivity index (χ2v) is 14.0. The molecule has 10 nitrogen and oxygen atoms in total. The number of carbonyl (C=O) groups excluding carboxylic acids is 1. The van der Waals surface area contributed by atoms with Crippen LogP contribution < -0.4 is 5.73 Å². The Hall–Kier alpha value is -3.39. The molecule has 2 saturated heterocycles. The minimum Gasteiger partial charge on any atom is -0.507 e. The van der Waals surface area contributed by atoms with E-state index in [-0.39, 0.29) is 30.0 Å². The number of aromatic nitrogens is 2. The van der Waals surface area contributed by atoms with Crippen LogP contribution in [0.3, 0.4) is 0 Å². The number of phenolic OH excluding ortho intramolecular Hbond substituents is 1. The molecule has 6 rings (SSSR count). The standard InChI is InChI=1S/C35H47N5O5/c1-35(2,3)45-34(42)40-16-12-27(13-17-40)44-29-21-25(22-29)39-14-10-26(11-15-39)43-28-18-23(19-28)8-9-24-20-31(37-38-33(24)36)30-6-4-5-7-32(30)41/h4-7,20,23,25-29,41H,10-19,21-22H2,1-3H3,(H2,36,38). The quantitative estimate of drug-likeness (QED) is 0.432. The van der Waals surface area contributed by atoms with Crippen molar-refractivity contribution in [1.82, 2.24) is 20.0 Å². The van der Waals surface area contributed by atoms with Crippen LogP contribution in [0.15, 0.2) is 30.3 Å². The minimum absolute atomic E-state index is 0.150. The van der Waals surface area contributed by atoms with Crippen LogP contribution in [0.25, 0.3) is 11.3 Å². The fourth-order valence-electron chi connectivity index (χ4n) is 6.67. The predicted octanol–water partition coefficient (Wildman–Crippen LogP) is 4.99. The molecule has 0 radical (unpaired) electrons. The smallest absolute Gasteiger partial charge is 0.410 e. The first-order valence-electron chi connectivity index (χ1n) is 16.6. The third-order valence-corrected chi connectivity index (χ3v) is 9.43. The van der Waals surface area contributed by atoms with Crippen LogP contribution in [0, 0.1) is 17.8 Å². The lowest BCUT2D eigenvalue weighted by Crippen LogP contribution is -2.53. The second-order valence-electron chi connectivity index (χ2n) is 14.0. The molecule has 1 aromatic heterocycles. The SMILES string of the molecule is CC(C)(C)OC(=O)N1CCC(OC2CC(N3CCC(OC4CC(C#Cc5cc(-c6ccccc6O)nnc5N)C4)CC3)C2)CC1. The van der Waals surface area contributed by atoms with E-state index in [9.17, 15) is 9.90 Å². The molecule has 2 aliphatic heterocycles. The highest BCUT2D eigenvalue weighted by atomic mass is 16.6. The largest absolute Gasteiger partial charge is 0.507 e. The zero-order chi connectivity index (χ0) is 31.6. The molecule has 4 fully saturated rings. The predicted molar refractivity (Wildman–Crippen MR) is 171 cm³/mol. The summed E-state index contributed by atoms with van der Waals surface area (Å²) < 4.78 is 18.4. The van der Waals surface area contributed by atoms with Gasteiger partial charge in [-0.1, -0.05) is 24.0 Å². The van der Waals surface area contributed by atoms with Crippen molar-refractivity contribution in [2.24, 2.45) is 5.92 Å². The van der Waals surface area contributed by atoms with Crippen molar-refractivity contribution in [1.29, 1.82) is 0 Å². The lowest BCUT2D eigenvalue weighted by atomic mass is 9.82. The first-order chi connectivity index (χ1) is 21.6. The topological polar surface area (TPSA) is 123 Å². The van der Waals surface area contributed by atoms with E-state index < -0.39 is 5.60 Å². The summed E-state index contributed by atoms with van der Waals surface area (Å²) in [6, 6.07) is 9.44. The average molecular weight is 618 g/mol. The molecule has 2 aromatic rings. The Morgan fingerprint density at radius 1 is 0.911 bits per heavy atom. The molecule has 2 saturated carbocycles. The zero-order valence-electron chi connectivity index (χ0n) is 26.8. The molecule has 0 spiro atoms. The molecular formula is C35H47N5O5. The second kappa shape index (κ2) is 13.5. The number of para-hydroxylation sites is 1. The van der Waals surface area contributed by atoms with Crippen molar-refractivity contribution in [2.75, 3.05) is 31.9 Å². The van der Waals surface area contributed by atoms with Crippen LogP contribution in [0.2, 0.25) is 0 Å². The molecular weight excluding hydrogens is 570 g/mol. The summed E-state index contributed by atoms with van der Waals surface area (Å²) in [6.45, 7) is 9.29. The number of aromatic hydroxyl groups is 1. The van der Waals surface area contributed by atoms with Crippen molar-refractivity contribution < 1.29 is 24.1 Å².